The molecule has 1 heterocycles. The van der Waals surface area contributed by atoms with Crippen molar-refractivity contribution in [3.8, 4) is 0 Å². The number of likely N-dealkylation sites (tertiary alicyclic amines) is 1. The monoisotopic (exact) mass is 165 g/mol. The fourth-order valence-corrected chi connectivity index (χ4v) is 0.572. The van der Waals surface area contributed by atoms with E-state index in [4.69, 9.17) is 15.3 Å². The average Bonchev–Trinajstić information content (AvgIpc) is 2.21. The lowest BCUT2D eigenvalue weighted by Gasteiger charge is -2.14. The van der Waals surface area contributed by atoms with Gasteiger partial charge in [-0.3, -0.25) is 0 Å². The number of ether oxygens (including phenoxy) is 1. The van der Waals surface area contributed by atoms with Crippen LogP contribution in [-0.4, -0.2) is 36.6 Å². The van der Waals surface area contributed by atoms with Gasteiger partial charge in [0, 0.05) is 25.9 Å². The van der Waals surface area contributed by atoms with E-state index in [0.29, 0.717) is 0 Å². The van der Waals surface area contributed by atoms with Crippen LogP contribution in [0.25, 0.3) is 0 Å². The first-order valence-electron chi connectivity index (χ1n) is 6.61. The number of nitrogens with two attached hydrogens (primary N) is 1. The molecule has 1 amide bonds. The summed E-state index contributed by atoms with van der Waals surface area (Å²) < 4.78 is 57.2. The minimum atomic E-state index is -3.10. The van der Waals surface area contributed by atoms with Crippen molar-refractivity contribution in [2.45, 2.75) is 19.3 Å². The Kier molecular flexibility index (Phi) is 0.953. The summed E-state index contributed by atoms with van der Waals surface area (Å²) in [7, 11) is 0. The molecule has 1 unspecified atom stereocenters. The number of nitrogens with zero attached hydrogens (tertiary/aromatic N) is 1. The highest BCUT2D eigenvalue weighted by atomic mass is 16.6. The van der Waals surface area contributed by atoms with E-state index in [0.717, 1.165) is 0 Å². The van der Waals surface area contributed by atoms with E-state index in [1.165, 1.54) is 6.92 Å². The third-order valence-corrected chi connectivity index (χ3v) is 0.985. The lowest BCUT2D eigenvalue weighted by molar-refractivity contribution is 0.115. The summed E-state index contributed by atoms with van der Waals surface area (Å²) >= 11 is 0. The number of hydrogen-bond acceptors (Lipinski definition) is 3. The van der Waals surface area contributed by atoms with Gasteiger partial charge in [0.2, 0.25) is 0 Å². The zero-order valence-corrected chi connectivity index (χ0v) is 6.05. The summed E-state index contributed by atoms with van der Waals surface area (Å²) in [6.07, 6.45) is -4.49. The molecule has 1 aliphatic heterocycles. The SMILES string of the molecule is [2H]C1([2H])N(C(=O)OCC)C([2H])([2H])C([2H])(N)C1([2H])[2H]. The third-order valence-electron chi connectivity index (χ3n) is 0.985. The van der Waals surface area contributed by atoms with Crippen molar-refractivity contribution in [3.05, 3.63) is 0 Å². The molecule has 1 rings (SSSR count). The molecule has 2 N–H and O–H groups in total. The molecule has 1 atom stereocenters. The lowest BCUT2D eigenvalue weighted by atomic mass is 10.3. The van der Waals surface area contributed by atoms with Crippen LogP contribution in [0.4, 0.5) is 4.79 Å². The molecule has 64 valence electrons. The molecule has 0 saturated carbocycles. The van der Waals surface area contributed by atoms with E-state index in [9.17, 15) is 4.79 Å². The Morgan fingerprint density at radius 3 is 3.27 bits per heavy atom. The van der Waals surface area contributed by atoms with Gasteiger partial charge in [-0.05, 0) is 13.3 Å². The minimum absolute atomic E-state index is 0.0868. The zero-order chi connectivity index (χ0) is 14.6. The molecule has 1 fully saturated rings. The number of hydrogen-bond donors (Lipinski definition) is 1. The highest BCUT2D eigenvalue weighted by molar-refractivity contribution is 5.67. The van der Waals surface area contributed by atoms with Crippen molar-refractivity contribution in [2.75, 3.05) is 19.6 Å². The van der Waals surface area contributed by atoms with E-state index < -0.39 is 31.5 Å². The Labute approximate surface area is 76.1 Å². The second kappa shape index (κ2) is 3.57. The van der Waals surface area contributed by atoms with Gasteiger partial charge in [0.25, 0.3) is 0 Å². The Morgan fingerprint density at radius 1 is 2.09 bits per heavy atom. The van der Waals surface area contributed by atoms with Crippen LogP contribution in [0.1, 0.15) is 22.9 Å². The third kappa shape index (κ3) is 2.08. The topological polar surface area (TPSA) is 55.6 Å². The van der Waals surface area contributed by atoms with Crippen LogP contribution in [0.15, 0.2) is 0 Å². The number of rotatable bonds is 1. The van der Waals surface area contributed by atoms with E-state index in [2.05, 4.69) is 4.74 Å². The maximum atomic E-state index is 11.6. The number of carbonyl (C=O) groups is 1. The van der Waals surface area contributed by atoms with Gasteiger partial charge in [-0.25, -0.2) is 4.79 Å². The van der Waals surface area contributed by atoms with Crippen LogP contribution in [0.5, 0.6) is 0 Å². The van der Waals surface area contributed by atoms with Crippen molar-refractivity contribution in [1.29, 1.82) is 0 Å². The predicted octanol–water partition coefficient (Wildman–Crippen LogP) is 0.176. The van der Waals surface area contributed by atoms with Crippen LogP contribution in [0, 0.1) is 0 Å². The van der Waals surface area contributed by atoms with E-state index >= 15 is 0 Å². The van der Waals surface area contributed by atoms with Gasteiger partial charge in [-0.2, -0.15) is 0 Å². The van der Waals surface area contributed by atoms with Gasteiger partial charge in [0.1, 0.15) is 0 Å². The maximum absolute atomic E-state index is 11.6. The van der Waals surface area contributed by atoms with Crippen LogP contribution in [-0.2, 0) is 4.74 Å². The van der Waals surface area contributed by atoms with E-state index in [1.54, 1.807) is 0 Å². The molecule has 4 nitrogen and oxygen atoms in total. The molecule has 11 heavy (non-hydrogen) atoms. The summed E-state index contributed by atoms with van der Waals surface area (Å²) in [5, 5.41) is 0. The number of carbonyl (C=O) groups excluding carboxylic acids is 1. The van der Waals surface area contributed by atoms with Gasteiger partial charge in [-0.15, -0.1) is 0 Å². The van der Waals surface area contributed by atoms with Crippen LogP contribution < -0.4 is 5.73 Å². The molecule has 0 radical (unpaired) electrons. The molecule has 0 bridgehead atoms. The zero-order valence-electron chi connectivity index (χ0n) is 13.0. The quantitative estimate of drug-likeness (QED) is 0.603. The predicted molar refractivity (Wildman–Crippen MR) is 41.2 cm³/mol. The van der Waals surface area contributed by atoms with Crippen LogP contribution >= 0.6 is 0 Å². The summed E-state index contributed by atoms with van der Waals surface area (Å²) in [6, 6.07) is -2.96. The highest BCUT2D eigenvalue weighted by Crippen LogP contribution is 2.07. The first kappa shape index (κ1) is 2.94. The second-order valence-corrected chi connectivity index (χ2v) is 1.80. The minimum Gasteiger partial charge on any atom is -0.450 e. The van der Waals surface area contributed by atoms with Gasteiger partial charge in [-0.1, -0.05) is 0 Å². The fourth-order valence-electron chi connectivity index (χ4n) is 0.572. The Hall–Kier alpha value is -0.770. The molecule has 0 aromatic rings. The van der Waals surface area contributed by atoms with Crippen molar-refractivity contribution in [3.63, 3.8) is 0 Å². The first-order chi connectivity index (χ1) is 7.85. The van der Waals surface area contributed by atoms with Crippen LogP contribution in [0.2, 0.25) is 0 Å². The molecule has 0 aliphatic carbocycles. The Bertz CT molecular complexity index is 345. The Balaban J connectivity index is 3.39. The largest absolute Gasteiger partial charge is 0.450 e. The fraction of sp³-hybridized carbons (Fsp3) is 0.857. The summed E-state index contributed by atoms with van der Waals surface area (Å²) in [5.74, 6) is 0. The van der Waals surface area contributed by atoms with Crippen molar-refractivity contribution < 1.29 is 19.1 Å². The number of amides is 1. The Morgan fingerprint density at radius 2 is 2.82 bits per heavy atom. The standard InChI is InChI=1S/C7H14N2O2/c1-2-11-7(10)9-4-3-6(8)5-9/h6H,2-5,8H2,1H3/i3D2,4D2,5D2,6D. The molecular formula is C7H14N2O2. The van der Waals surface area contributed by atoms with Gasteiger partial charge in [0.05, 0.1) is 9.35 Å². The molecule has 1 aliphatic rings. The average molecular weight is 165 g/mol. The van der Waals surface area contributed by atoms with E-state index in [1.807, 2.05) is 0 Å². The normalized spacial score (nSPS) is 53.6. The van der Waals surface area contributed by atoms with Crippen molar-refractivity contribution in [1.82, 2.24) is 4.90 Å². The second-order valence-electron chi connectivity index (χ2n) is 1.80. The summed E-state index contributed by atoms with van der Waals surface area (Å²) in [5.41, 5.74) is 5.26. The first-order valence-corrected chi connectivity index (χ1v) is 3.11. The van der Waals surface area contributed by atoms with Crippen molar-refractivity contribution >= 4 is 6.09 Å². The molecule has 0 spiro atoms. The van der Waals surface area contributed by atoms with Crippen LogP contribution in [0.3, 0.4) is 0 Å². The maximum Gasteiger partial charge on any atom is 0.409 e. The summed E-state index contributed by atoms with van der Waals surface area (Å²) in [6.45, 7) is -4.85. The van der Waals surface area contributed by atoms with E-state index in [-0.39, 0.29) is 11.5 Å². The lowest BCUT2D eigenvalue weighted by Crippen LogP contribution is -2.32. The summed E-state index contributed by atoms with van der Waals surface area (Å²) in [4.78, 5) is 11.5. The highest BCUT2D eigenvalue weighted by Gasteiger charge is 2.23. The van der Waals surface area contributed by atoms with Gasteiger partial charge >= 0.3 is 6.09 Å². The van der Waals surface area contributed by atoms with Gasteiger partial charge < -0.3 is 15.4 Å². The molecule has 4 heteroatoms. The molecular weight excluding hydrogens is 144 g/mol. The molecule has 0 aromatic carbocycles. The van der Waals surface area contributed by atoms with Gasteiger partial charge in [0.15, 0.2) is 0 Å². The smallest absolute Gasteiger partial charge is 0.409 e. The van der Waals surface area contributed by atoms with Crippen molar-refractivity contribution in [2.24, 2.45) is 5.73 Å². The molecule has 0 aromatic heterocycles. The molecule has 1 saturated heterocycles.